The quantitative estimate of drug-likeness (QED) is 0.151. The highest BCUT2D eigenvalue weighted by molar-refractivity contribution is 6.30. The number of halogens is 2. The van der Waals surface area contributed by atoms with E-state index in [2.05, 4.69) is 0 Å². The van der Waals surface area contributed by atoms with Crippen molar-refractivity contribution in [3.8, 4) is 17.6 Å². The van der Waals surface area contributed by atoms with Crippen molar-refractivity contribution in [1.82, 2.24) is 4.90 Å². The number of anilines is 1. The molecule has 0 aliphatic carbocycles. The van der Waals surface area contributed by atoms with Gasteiger partial charge in [-0.15, -0.1) is 0 Å². The number of nitrogens with two attached hydrogens (primary N) is 1. The number of nitriles is 1. The average molecular weight is 451 g/mol. The molecule has 0 radical (unpaired) electrons. The third-order valence-electron chi connectivity index (χ3n) is 4.20. The Bertz CT molecular complexity index is 1150. The lowest BCUT2D eigenvalue weighted by atomic mass is 10.1. The summed E-state index contributed by atoms with van der Waals surface area (Å²) in [4.78, 5) is 23.8. The molecule has 0 fully saturated rings. The number of nitro benzene ring substituents is 1. The summed E-state index contributed by atoms with van der Waals surface area (Å²) in [5.74, 6) is -3.85. The number of nitro groups is 1. The van der Waals surface area contributed by atoms with E-state index in [0.29, 0.717) is 0 Å². The molecule has 10 nitrogen and oxygen atoms in total. The number of aromatic hydroxyl groups is 1. The zero-order valence-corrected chi connectivity index (χ0v) is 17.0. The highest BCUT2D eigenvalue weighted by Crippen LogP contribution is 2.38. The third kappa shape index (κ3) is 4.76. The third-order valence-corrected chi connectivity index (χ3v) is 4.42. The molecule has 4 N–H and O–H groups in total. The van der Waals surface area contributed by atoms with Gasteiger partial charge < -0.3 is 25.6 Å². The molecular formula is C19H16ClFN4O6. The number of hydrogen-bond acceptors (Lipinski definition) is 8. The zero-order chi connectivity index (χ0) is 23.5. The maximum Gasteiger partial charge on any atom is 0.315 e. The fourth-order valence-corrected chi connectivity index (χ4v) is 2.92. The van der Waals surface area contributed by atoms with Gasteiger partial charge in [0.05, 0.1) is 17.7 Å². The number of nitrogen functional groups attached to an aromatic ring is 1. The first-order valence-electron chi connectivity index (χ1n) is 8.39. The van der Waals surface area contributed by atoms with Gasteiger partial charge in [-0.05, 0) is 18.2 Å². The molecule has 2 aromatic rings. The molecule has 0 saturated heterocycles. The Morgan fingerprint density at radius 2 is 2.06 bits per heavy atom. The van der Waals surface area contributed by atoms with Gasteiger partial charge in [0.2, 0.25) is 5.75 Å². The molecule has 12 heteroatoms. The van der Waals surface area contributed by atoms with E-state index in [1.54, 1.807) is 0 Å². The highest BCUT2D eigenvalue weighted by atomic mass is 35.5. The first-order chi connectivity index (χ1) is 14.5. The first-order valence-corrected chi connectivity index (χ1v) is 8.77. The van der Waals surface area contributed by atoms with E-state index in [0.717, 1.165) is 24.1 Å². The van der Waals surface area contributed by atoms with Crippen LogP contribution in [0.1, 0.15) is 11.1 Å². The maximum absolute atomic E-state index is 14.2. The number of ether oxygens (including phenoxy) is 1. The largest absolute Gasteiger partial charge is 0.506 e. The number of nitrogens with zero attached hydrogens (tertiary/aromatic N) is 3. The Balaban J connectivity index is 2.49. The molecule has 2 rings (SSSR count). The van der Waals surface area contributed by atoms with Crippen molar-refractivity contribution in [2.45, 2.75) is 6.54 Å². The number of carbonyl (C=O) groups excluding carboxylic acids is 1. The van der Waals surface area contributed by atoms with Gasteiger partial charge in [0.1, 0.15) is 11.8 Å². The van der Waals surface area contributed by atoms with Crippen molar-refractivity contribution in [2.24, 2.45) is 0 Å². The van der Waals surface area contributed by atoms with Gasteiger partial charge in [0.25, 0.3) is 5.91 Å². The predicted molar refractivity (Wildman–Crippen MR) is 109 cm³/mol. The zero-order valence-electron chi connectivity index (χ0n) is 16.2. The van der Waals surface area contributed by atoms with Gasteiger partial charge in [-0.3, -0.25) is 14.9 Å². The summed E-state index contributed by atoms with van der Waals surface area (Å²) in [5, 5.41) is 41.0. The lowest BCUT2D eigenvalue weighted by Gasteiger charge is -2.18. The van der Waals surface area contributed by atoms with Crippen molar-refractivity contribution in [2.75, 3.05) is 19.9 Å². The summed E-state index contributed by atoms with van der Waals surface area (Å²) in [6, 6.07) is 5.76. The number of phenolic OH excluding ortho intramolecular Hbond substituents is 1. The number of amides is 1. The van der Waals surface area contributed by atoms with E-state index < -0.39 is 39.4 Å². The summed E-state index contributed by atoms with van der Waals surface area (Å²) < 4.78 is 19.0. The molecule has 0 atom stereocenters. The minimum Gasteiger partial charge on any atom is -0.506 e. The van der Waals surface area contributed by atoms with E-state index in [4.69, 9.17) is 22.1 Å². The fourth-order valence-electron chi connectivity index (χ4n) is 2.67. The van der Waals surface area contributed by atoms with Gasteiger partial charge in [0, 0.05) is 35.8 Å². The van der Waals surface area contributed by atoms with Crippen LogP contribution in [-0.4, -0.2) is 40.1 Å². The van der Waals surface area contributed by atoms with Crippen LogP contribution in [0.4, 0.5) is 15.8 Å². The van der Waals surface area contributed by atoms with Gasteiger partial charge in [0.15, 0.2) is 17.1 Å². The lowest BCUT2D eigenvalue weighted by Crippen LogP contribution is -2.28. The molecule has 0 aliphatic rings. The number of likely N-dealkylation sites (N-methyl/N-ethyl adjacent to an activating group) is 1. The van der Waals surface area contributed by atoms with E-state index >= 15 is 0 Å². The average Bonchev–Trinajstić information content (AvgIpc) is 2.71. The number of carbonyl (C=O) groups is 1. The van der Waals surface area contributed by atoms with Crippen molar-refractivity contribution in [3.63, 3.8) is 0 Å². The Kier molecular flexibility index (Phi) is 6.89. The van der Waals surface area contributed by atoms with Crippen LogP contribution in [0, 0.1) is 27.3 Å². The number of benzene rings is 2. The molecule has 0 aliphatic heterocycles. The molecule has 162 valence electrons. The van der Waals surface area contributed by atoms with E-state index in [1.807, 2.05) is 0 Å². The summed E-state index contributed by atoms with van der Waals surface area (Å²) in [6.45, 7) is -0.340. The number of phenols is 1. The second-order valence-corrected chi connectivity index (χ2v) is 6.70. The Labute approximate surface area is 180 Å². The van der Waals surface area contributed by atoms with Crippen LogP contribution in [0.2, 0.25) is 5.02 Å². The minimum atomic E-state index is -1.01. The van der Waals surface area contributed by atoms with Crippen LogP contribution < -0.4 is 10.5 Å². The van der Waals surface area contributed by atoms with E-state index in [-0.39, 0.29) is 34.1 Å². The van der Waals surface area contributed by atoms with Crippen LogP contribution in [0.25, 0.3) is 5.76 Å². The second kappa shape index (κ2) is 9.19. The van der Waals surface area contributed by atoms with Crippen LogP contribution in [0.5, 0.6) is 11.5 Å². The number of methoxy groups -OCH3 is 1. The van der Waals surface area contributed by atoms with Crippen molar-refractivity contribution in [3.05, 3.63) is 61.9 Å². The Morgan fingerprint density at radius 3 is 2.61 bits per heavy atom. The normalized spacial score (nSPS) is 11.3. The van der Waals surface area contributed by atoms with Crippen LogP contribution >= 0.6 is 11.6 Å². The van der Waals surface area contributed by atoms with Crippen molar-refractivity contribution in [1.29, 1.82) is 5.26 Å². The van der Waals surface area contributed by atoms with Crippen LogP contribution in [0.15, 0.2) is 29.8 Å². The molecule has 0 spiro atoms. The standard InChI is InChI=1S/C19H16ClFN4O6/c1-24(8-10-3-11(20)6-13(23)16(10)21)19(28)12(7-22)17(26)9-4-14(25(29)30)18(27)15(5-9)31-2/h3-6,26-27H,8,23H2,1-2H3/b17-12-. The number of aliphatic hydroxyl groups excluding tert-OH is 1. The molecule has 31 heavy (non-hydrogen) atoms. The van der Waals surface area contributed by atoms with Gasteiger partial charge >= 0.3 is 5.69 Å². The van der Waals surface area contributed by atoms with Crippen molar-refractivity contribution >= 4 is 34.6 Å². The number of hydrogen-bond donors (Lipinski definition) is 3. The highest BCUT2D eigenvalue weighted by Gasteiger charge is 2.26. The SMILES string of the molecule is COc1cc(/C(O)=C(\C#N)C(=O)N(C)Cc2cc(Cl)cc(N)c2F)cc([N+](=O)[O-])c1O. The molecule has 2 aromatic carbocycles. The molecule has 1 amide bonds. The summed E-state index contributed by atoms with van der Waals surface area (Å²) in [5.41, 5.74) is 3.34. The lowest BCUT2D eigenvalue weighted by molar-refractivity contribution is -0.386. The summed E-state index contributed by atoms with van der Waals surface area (Å²) in [7, 11) is 2.36. The van der Waals surface area contributed by atoms with Gasteiger partial charge in [-0.1, -0.05) is 11.6 Å². The Hall–Kier alpha value is -4.04. The van der Waals surface area contributed by atoms with E-state index in [1.165, 1.54) is 25.2 Å². The second-order valence-electron chi connectivity index (χ2n) is 6.27. The first kappa shape index (κ1) is 23.2. The monoisotopic (exact) mass is 450 g/mol. The molecule has 0 saturated carbocycles. The minimum absolute atomic E-state index is 0.0282. The predicted octanol–water partition coefficient (Wildman–Crippen LogP) is 3.13. The smallest absolute Gasteiger partial charge is 0.315 e. The molecule has 0 bridgehead atoms. The number of rotatable bonds is 6. The topological polar surface area (TPSA) is 163 Å². The molecule has 0 heterocycles. The van der Waals surface area contributed by atoms with Gasteiger partial charge in [-0.25, -0.2) is 4.39 Å². The van der Waals surface area contributed by atoms with Crippen LogP contribution in [-0.2, 0) is 11.3 Å². The van der Waals surface area contributed by atoms with E-state index in [9.17, 15) is 34.8 Å². The maximum atomic E-state index is 14.2. The fraction of sp³-hybridized carbons (Fsp3) is 0.158. The Morgan fingerprint density at radius 1 is 1.42 bits per heavy atom. The molecular weight excluding hydrogens is 435 g/mol. The molecule has 0 aromatic heterocycles. The summed E-state index contributed by atoms with van der Waals surface area (Å²) >= 11 is 5.85. The van der Waals surface area contributed by atoms with Crippen molar-refractivity contribution < 1.29 is 29.1 Å². The van der Waals surface area contributed by atoms with Crippen LogP contribution in [0.3, 0.4) is 0 Å². The van der Waals surface area contributed by atoms with Gasteiger partial charge in [-0.2, -0.15) is 5.26 Å². The molecule has 0 unspecified atom stereocenters. The summed E-state index contributed by atoms with van der Waals surface area (Å²) in [6.07, 6.45) is 0. The number of aliphatic hydroxyl groups is 1.